The number of unbranched alkanes of at least 4 members (excludes halogenated alkanes) is 7. The van der Waals surface area contributed by atoms with Crippen LogP contribution < -0.4 is 0 Å². The molecular formula is C23H27NO2. The molecule has 26 heavy (non-hydrogen) atoms. The Morgan fingerprint density at radius 1 is 0.769 bits per heavy atom. The third-order valence-electron chi connectivity index (χ3n) is 4.46. The second-order valence-corrected chi connectivity index (χ2v) is 6.53. The summed E-state index contributed by atoms with van der Waals surface area (Å²) in [6.07, 6.45) is 9.88. The first-order valence-electron chi connectivity index (χ1n) is 9.66. The minimum Gasteiger partial charge on any atom is -0.274 e. The lowest BCUT2D eigenvalue weighted by molar-refractivity contribution is 0.0653. The van der Waals surface area contributed by atoms with E-state index in [1.165, 1.54) is 37.0 Å². The van der Waals surface area contributed by atoms with E-state index in [0.29, 0.717) is 30.5 Å². The molecule has 0 saturated carbocycles. The Kier molecular flexibility index (Phi) is 8.50. The number of rotatable bonds is 9. The van der Waals surface area contributed by atoms with Crippen LogP contribution in [-0.2, 0) is 0 Å². The van der Waals surface area contributed by atoms with Crippen LogP contribution in [-0.4, -0.2) is 23.3 Å². The lowest BCUT2D eigenvalue weighted by atomic mass is 10.1. The molecule has 0 saturated heterocycles. The number of hydrogen-bond acceptors (Lipinski definition) is 2. The van der Waals surface area contributed by atoms with Crippen molar-refractivity contribution in [1.29, 1.82) is 0 Å². The number of amides is 2. The highest BCUT2D eigenvalue weighted by Crippen LogP contribution is 2.22. The maximum absolute atomic E-state index is 12.2. The smallest absolute Gasteiger partial charge is 0.261 e. The lowest BCUT2D eigenvalue weighted by Gasteiger charge is -2.12. The van der Waals surface area contributed by atoms with Crippen LogP contribution in [0.1, 0.15) is 85.4 Å². The highest BCUT2D eigenvalue weighted by atomic mass is 16.2. The second-order valence-electron chi connectivity index (χ2n) is 6.53. The molecule has 0 unspecified atom stereocenters. The first-order valence-corrected chi connectivity index (χ1v) is 9.66. The number of nitrogens with zero attached hydrogens (tertiary/aromatic N) is 1. The van der Waals surface area contributed by atoms with E-state index in [2.05, 4.69) is 30.6 Å². The van der Waals surface area contributed by atoms with Crippen LogP contribution in [0.5, 0.6) is 0 Å². The van der Waals surface area contributed by atoms with Gasteiger partial charge in [0, 0.05) is 19.4 Å². The molecule has 0 aliphatic carbocycles. The van der Waals surface area contributed by atoms with Crippen LogP contribution in [0, 0.1) is 23.7 Å². The number of imide groups is 1. The molecule has 2 amide bonds. The maximum Gasteiger partial charge on any atom is 0.261 e. The first kappa shape index (κ1) is 19.8. The molecule has 0 radical (unpaired) electrons. The van der Waals surface area contributed by atoms with Crippen molar-refractivity contribution < 1.29 is 9.59 Å². The summed E-state index contributed by atoms with van der Waals surface area (Å²) in [5.41, 5.74) is 1.01. The molecule has 1 aliphatic rings. The molecule has 0 spiro atoms. The summed E-state index contributed by atoms with van der Waals surface area (Å²) in [7, 11) is 0. The van der Waals surface area contributed by atoms with Crippen molar-refractivity contribution >= 4 is 11.8 Å². The van der Waals surface area contributed by atoms with Gasteiger partial charge >= 0.3 is 0 Å². The Morgan fingerprint density at radius 2 is 1.31 bits per heavy atom. The van der Waals surface area contributed by atoms with Gasteiger partial charge in [-0.15, -0.1) is 0 Å². The number of carbonyl (C=O) groups excluding carboxylic acids is 2. The maximum atomic E-state index is 12.2. The van der Waals surface area contributed by atoms with Gasteiger partial charge in [0.05, 0.1) is 11.1 Å². The van der Waals surface area contributed by atoms with Crippen molar-refractivity contribution in [1.82, 2.24) is 4.90 Å². The summed E-state index contributed by atoms with van der Waals surface area (Å²) < 4.78 is 0. The van der Waals surface area contributed by atoms with Crippen molar-refractivity contribution in [3.05, 3.63) is 35.4 Å². The van der Waals surface area contributed by atoms with Gasteiger partial charge in [0.1, 0.15) is 0 Å². The number of fused-ring (bicyclic) bond motifs is 1. The van der Waals surface area contributed by atoms with E-state index in [-0.39, 0.29) is 11.8 Å². The molecule has 1 aliphatic heterocycles. The fourth-order valence-corrected chi connectivity index (χ4v) is 2.97. The minimum absolute atomic E-state index is 0.197. The molecule has 0 fully saturated rings. The Morgan fingerprint density at radius 3 is 1.92 bits per heavy atom. The molecule has 3 nitrogen and oxygen atoms in total. The van der Waals surface area contributed by atoms with Crippen LogP contribution in [0.4, 0.5) is 0 Å². The lowest BCUT2D eigenvalue weighted by Crippen LogP contribution is -2.30. The molecule has 0 N–H and O–H groups in total. The van der Waals surface area contributed by atoms with Gasteiger partial charge in [-0.25, -0.2) is 0 Å². The van der Waals surface area contributed by atoms with E-state index in [1.54, 1.807) is 24.3 Å². The average molecular weight is 349 g/mol. The fourth-order valence-electron chi connectivity index (χ4n) is 2.97. The normalized spacial score (nSPS) is 12.3. The highest BCUT2D eigenvalue weighted by Gasteiger charge is 2.34. The first-order chi connectivity index (χ1) is 12.8. The number of hydrogen-bond donors (Lipinski definition) is 0. The third kappa shape index (κ3) is 5.78. The van der Waals surface area contributed by atoms with E-state index >= 15 is 0 Å². The summed E-state index contributed by atoms with van der Waals surface area (Å²) in [6, 6.07) is 6.97. The predicted molar refractivity (Wildman–Crippen MR) is 105 cm³/mol. The molecule has 0 aromatic heterocycles. The van der Waals surface area contributed by atoms with Crippen LogP contribution >= 0.6 is 0 Å². The van der Waals surface area contributed by atoms with Crippen LogP contribution in [0.25, 0.3) is 0 Å². The van der Waals surface area contributed by atoms with Gasteiger partial charge in [0.25, 0.3) is 11.8 Å². The third-order valence-corrected chi connectivity index (χ3v) is 4.46. The van der Waals surface area contributed by atoms with Crippen molar-refractivity contribution in [2.24, 2.45) is 0 Å². The Balaban J connectivity index is 1.61. The Hall–Kier alpha value is -2.52. The van der Waals surface area contributed by atoms with Crippen LogP contribution in [0.15, 0.2) is 24.3 Å². The summed E-state index contributed by atoms with van der Waals surface area (Å²) in [4.78, 5) is 25.7. The SMILES string of the molecule is CCCCCCCCC#CC#CCCCN1C(=O)c2ccccc2C1=O. The van der Waals surface area contributed by atoms with E-state index < -0.39 is 0 Å². The van der Waals surface area contributed by atoms with Gasteiger partial charge in [-0.1, -0.05) is 63.0 Å². The number of benzene rings is 1. The molecule has 1 aromatic carbocycles. The topological polar surface area (TPSA) is 37.4 Å². The van der Waals surface area contributed by atoms with Crippen LogP contribution in [0.3, 0.4) is 0 Å². The fraction of sp³-hybridized carbons (Fsp3) is 0.478. The second kappa shape index (κ2) is 11.2. The van der Waals surface area contributed by atoms with E-state index in [9.17, 15) is 9.59 Å². The van der Waals surface area contributed by atoms with Gasteiger partial charge < -0.3 is 0 Å². The Labute approximate surface area is 157 Å². The Bertz CT molecular complexity index is 708. The zero-order valence-electron chi connectivity index (χ0n) is 15.6. The average Bonchev–Trinajstić information content (AvgIpc) is 2.90. The molecule has 0 bridgehead atoms. The van der Waals surface area contributed by atoms with Crippen molar-refractivity contribution in [2.75, 3.05) is 6.54 Å². The van der Waals surface area contributed by atoms with E-state index in [0.717, 1.165) is 12.8 Å². The van der Waals surface area contributed by atoms with Gasteiger partial charge in [-0.05, 0) is 36.8 Å². The van der Waals surface area contributed by atoms with E-state index in [1.807, 2.05) is 0 Å². The quantitative estimate of drug-likeness (QED) is 0.364. The zero-order valence-corrected chi connectivity index (χ0v) is 15.6. The number of carbonyl (C=O) groups is 2. The van der Waals surface area contributed by atoms with Crippen LogP contribution in [0.2, 0.25) is 0 Å². The van der Waals surface area contributed by atoms with Gasteiger partial charge in [0.15, 0.2) is 0 Å². The van der Waals surface area contributed by atoms with Crippen molar-refractivity contribution in [3.8, 4) is 23.7 Å². The molecule has 1 aromatic rings. The van der Waals surface area contributed by atoms with E-state index in [4.69, 9.17) is 0 Å². The molecule has 1 heterocycles. The van der Waals surface area contributed by atoms with Gasteiger partial charge in [-0.3, -0.25) is 14.5 Å². The summed E-state index contributed by atoms with van der Waals surface area (Å²) in [5, 5.41) is 0. The molecular weight excluding hydrogens is 322 g/mol. The minimum atomic E-state index is -0.197. The molecule has 3 heteroatoms. The van der Waals surface area contributed by atoms with Crippen molar-refractivity contribution in [2.45, 2.75) is 64.7 Å². The monoisotopic (exact) mass is 349 g/mol. The molecule has 136 valence electrons. The summed E-state index contributed by atoms with van der Waals surface area (Å²) in [6.45, 7) is 2.64. The predicted octanol–water partition coefficient (Wildman–Crippen LogP) is 4.82. The van der Waals surface area contributed by atoms with Crippen molar-refractivity contribution in [3.63, 3.8) is 0 Å². The zero-order chi connectivity index (χ0) is 18.6. The summed E-state index contributed by atoms with van der Waals surface area (Å²) >= 11 is 0. The standard InChI is InChI=1S/C23H27NO2/c1-2-3-4-5-6-7-8-9-10-11-12-13-16-19-24-22(25)20-17-14-15-18-21(20)23(24)26/h14-15,17-18H,2-8,13,16,19H2,1H3. The molecule has 2 rings (SSSR count). The van der Waals surface area contributed by atoms with Gasteiger partial charge in [0.2, 0.25) is 0 Å². The largest absolute Gasteiger partial charge is 0.274 e. The van der Waals surface area contributed by atoms with Gasteiger partial charge in [-0.2, -0.15) is 0 Å². The highest BCUT2D eigenvalue weighted by molar-refractivity contribution is 6.21. The summed E-state index contributed by atoms with van der Waals surface area (Å²) in [5.74, 6) is 11.5. The molecule has 0 atom stereocenters.